The van der Waals surface area contributed by atoms with E-state index in [-0.39, 0.29) is 6.61 Å². The third-order valence-corrected chi connectivity index (χ3v) is 4.40. The van der Waals surface area contributed by atoms with Crippen molar-refractivity contribution in [1.29, 1.82) is 0 Å². The molecule has 1 heterocycles. The number of nitrogens with zero attached hydrogens (tertiary/aromatic N) is 2. The second-order valence-corrected chi connectivity index (χ2v) is 5.79. The number of benzene rings is 1. The van der Waals surface area contributed by atoms with Crippen LogP contribution in [0.1, 0.15) is 28.6 Å². The predicted molar refractivity (Wildman–Crippen MR) is 81.4 cm³/mol. The summed E-state index contributed by atoms with van der Waals surface area (Å²) in [7, 11) is 2.02. The Hall–Kier alpha value is -1.39. The third-order valence-electron chi connectivity index (χ3n) is 3.25. The highest BCUT2D eigenvalue weighted by atomic mass is 32.1. The Bertz CT molecular complexity index is 556. The molecule has 0 aliphatic carbocycles. The lowest BCUT2D eigenvalue weighted by molar-refractivity contribution is 0.284. The first kappa shape index (κ1) is 14.0. The normalized spacial score (nSPS) is 10.8. The second-order valence-electron chi connectivity index (χ2n) is 4.73. The van der Waals surface area contributed by atoms with Crippen molar-refractivity contribution in [2.75, 3.05) is 11.9 Å². The zero-order valence-corrected chi connectivity index (χ0v) is 12.7. The summed E-state index contributed by atoms with van der Waals surface area (Å²) in [4.78, 5) is 7.69. The SMILES string of the molecule is CCc1nc(N(C)c2ccc(C)cc2C)sc1CO. The minimum atomic E-state index is 0.0710. The first-order valence-electron chi connectivity index (χ1n) is 6.47. The molecule has 3 nitrogen and oxygen atoms in total. The fraction of sp³-hybridized carbons (Fsp3) is 0.400. The van der Waals surface area contributed by atoms with Crippen LogP contribution in [0.3, 0.4) is 0 Å². The van der Waals surface area contributed by atoms with Gasteiger partial charge in [-0.15, -0.1) is 0 Å². The maximum Gasteiger partial charge on any atom is 0.190 e. The molecule has 0 saturated heterocycles. The van der Waals surface area contributed by atoms with Gasteiger partial charge in [-0.2, -0.15) is 0 Å². The number of rotatable bonds is 4. The minimum absolute atomic E-state index is 0.0710. The van der Waals surface area contributed by atoms with Gasteiger partial charge in [-0.25, -0.2) is 4.98 Å². The first-order chi connectivity index (χ1) is 9.06. The van der Waals surface area contributed by atoms with Gasteiger partial charge in [-0.05, 0) is 31.9 Å². The number of aliphatic hydroxyl groups is 1. The van der Waals surface area contributed by atoms with Crippen molar-refractivity contribution in [2.24, 2.45) is 0 Å². The molecule has 0 fully saturated rings. The van der Waals surface area contributed by atoms with Crippen molar-refractivity contribution in [3.05, 3.63) is 39.9 Å². The fourth-order valence-electron chi connectivity index (χ4n) is 2.20. The second kappa shape index (κ2) is 5.72. The molecule has 0 aliphatic heterocycles. The van der Waals surface area contributed by atoms with Crippen LogP contribution in [0.15, 0.2) is 18.2 Å². The number of aromatic nitrogens is 1. The summed E-state index contributed by atoms with van der Waals surface area (Å²) >= 11 is 1.56. The Kier molecular flexibility index (Phi) is 4.22. The largest absolute Gasteiger partial charge is 0.391 e. The van der Waals surface area contributed by atoms with E-state index in [1.807, 2.05) is 7.05 Å². The maximum atomic E-state index is 9.36. The topological polar surface area (TPSA) is 36.4 Å². The highest BCUT2D eigenvalue weighted by Crippen LogP contribution is 2.32. The van der Waals surface area contributed by atoms with Crippen molar-refractivity contribution in [1.82, 2.24) is 4.98 Å². The lowest BCUT2D eigenvalue weighted by atomic mass is 10.1. The Labute approximate surface area is 118 Å². The first-order valence-corrected chi connectivity index (χ1v) is 7.28. The van der Waals surface area contributed by atoms with Gasteiger partial charge in [0.05, 0.1) is 17.2 Å². The number of thiazole rings is 1. The standard InChI is InChI=1S/C15H20N2OS/c1-5-12-14(9-18)19-15(16-12)17(4)13-7-6-10(2)8-11(13)3/h6-8,18H,5,9H2,1-4H3. The molecule has 0 amide bonds. The van der Waals surface area contributed by atoms with E-state index in [0.717, 1.165) is 27.8 Å². The van der Waals surface area contributed by atoms with E-state index in [9.17, 15) is 5.11 Å². The van der Waals surface area contributed by atoms with Gasteiger partial charge in [0, 0.05) is 12.7 Å². The average molecular weight is 276 g/mol. The lowest BCUT2D eigenvalue weighted by Gasteiger charge is -2.18. The molecular formula is C15H20N2OS. The molecule has 0 bridgehead atoms. The van der Waals surface area contributed by atoms with E-state index < -0.39 is 0 Å². The summed E-state index contributed by atoms with van der Waals surface area (Å²) in [6.45, 7) is 6.34. The Morgan fingerprint density at radius 1 is 1.32 bits per heavy atom. The van der Waals surface area contributed by atoms with Crippen LogP contribution in [0.2, 0.25) is 0 Å². The number of aryl methyl sites for hydroxylation is 3. The number of hydrogen-bond acceptors (Lipinski definition) is 4. The van der Waals surface area contributed by atoms with Gasteiger partial charge in [-0.1, -0.05) is 36.0 Å². The summed E-state index contributed by atoms with van der Waals surface area (Å²) in [5, 5.41) is 10.3. The van der Waals surface area contributed by atoms with Crippen LogP contribution in [0, 0.1) is 13.8 Å². The molecule has 0 radical (unpaired) electrons. The van der Waals surface area contributed by atoms with E-state index in [1.165, 1.54) is 11.1 Å². The lowest BCUT2D eigenvalue weighted by Crippen LogP contribution is -2.10. The van der Waals surface area contributed by atoms with E-state index in [0.29, 0.717) is 0 Å². The molecule has 0 aliphatic rings. The van der Waals surface area contributed by atoms with Crippen molar-refractivity contribution < 1.29 is 5.11 Å². The van der Waals surface area contributed by atoms with Gasteiger partial charge in [0.25, 0.3) is 0 Å². The molecule has 19 heavy (non-hydrogen) atoms. The summed E-state index contributed by atoms with van der Waals surface area (Å²) in [5.41, 5.74) is 4.66. The molecular weight excluding hydrogens is 256 g/mol. The highest BCUT2D eigenvalue weighted by molar-refractivity contribution is 7.15. The Morgan fingerprint density at radius 2 is 2.05 bits per heavy atom. The monoisotopic (exact) mass is 276 g/mol. The third kappa shape index (κ3) is 2.80. The van der Waals surface area contributed by atoms with Gasteiger partial charge < -0.3 is 10.0 Å². The number of anilines is 2. The van der Waals surface area contributed by atoms with Crippen LogP contribution >= 0.6 is 11.3 Å². The maximum absolute atomic E-state index is 9.36. The van der Waals surface area contributed by atoms with Gasteiger partial charge in [-0.3, -0.25) is 0 Å². The van der Waals surface area contributed by atoms with Gasteiger partial charge >= 0.3 is 0 Å². The quantitative estimate of drug-likeness (QED) is 0.927. The van der Waals surface area contributed by atoms with Crippen LogP contribution in [-0.4, -0.2) is 17.1 Å². The molecule has 4 heteroatoms. The van der Waals surface area contributed by atoms with Crippen LogP contribution in [0.5, 0.6) is 0 Å². The molecule has 0 saturated carbocycles. The van der Waals surface area contributed by atoms with Crippen LogP contribution in [0.25, 0.3) is 0 Å². The van der Waals surface area contributed by atoms with E-state index in [4.69, 9.17) is 0 Å². The number of hydrogen-bond donors (Lipinski definition) is 1. The zero-order chi connectivity index (χ0) is 14.0. The Morgan fingerprint density at radius 3 is 2.58 bits per heavy atom. The van der Waals surface area contributed by atoms with E-state index in [1.54, 1.807) is 11.3 Å². The molecule has 0 unspecified atom stereocenters. The van der Waals surface area contributed by atoms with Gasteiger partial charge in [0.15, 0.2) is 5.13 Å². The molecule has 2 rings (SSSR count). The summed E-state index contributed by atoms with van der Waals surface area (Å²) in [6, 6.07) is 6.41. The average Bonchev–Trinajstić information content (AvgIpc) is 2.81. The summed E-state index contributed by atoms with van der Waals surface area (Å²) in [6.07, 6.45) is 0.854. The summed E-state index contributed by atoms with van der Waals surface area (Å²) in [5.74, 6) is 0. The van der Waals surface area contributed by atoms with Crippen molar-refractivity contribution in [3.8, 4) is 0 Å². The Balaban J connectivity index is 2.38. The molecule has 1 aromatic carbocycles. The van der Waals surface area contributed by atoms with Crippen LogP contribution in [-0.2, 0) is 13.0 Å². The smallest absolute Gasteiger partial charge is 0.190 e. The molecule has 2 aromatic rings. The van der Waals surface area contributed by atoms with Crippen molar-refractivity contribution >= 4 is 22.2 Å². The highest BCUT2D eigenvalue weighted by Gasteiger charge is 2.14. The van der Waals surface area contributed by atoms with E-state index >= 15 is 0 Å². The molecule has 0 spiro atoms. The van der Waals surface area contributed by atoms with Crippen LogP contribution in [0.4, 0.5) is 10.8 Å². The molecule has 102 valence electrons. The fourth-order valence-corrected chi connectivity index (χ4v) is 3.18. The zero-order valence-electron chi connectivity index (χ0n) is 11.9. The molecule has 0 atom stereocenters. The van der Waals surface area contributed by atoms with Crippen LogP contribution < -0.4 is 4.90 Å². The molecule has 1 N–H and O–H groups in total. The van der Waals surface area contributed by atoms with E-state index in [2.05, 4.69) is 48.9 Å². The number of aliphatic hydroxyl groups excluding tert-OH is 1. The van der Waals surface area contributed by atoms with Crippen molar-refractivity contribution in [3.63, 3.8) is 0 Å². The predicted octanol–water partition coefficient (Wildman–Crippen LogP) is 3.58. The van der Waals surface area contributed by atoms with Gasteiger partial charge in [0.1, 0.15) is 0 Å². The van der Waals surface area contributed by atoms with Crippen molar-refractivity contribution in [2.45, 2.75) is 33.8 Å². The molecule has 1 aromatic heterocycles. The van der Waals surface area contributed by atoms with Gasteiger partial charge in [0.2, 0.25) is 0 Å². The minimum Gasteiger partial charge on any atom is -0.391 e. The summed E-state index contributed by atoms with van der Waals surface area (Å²) < 4.78 is 0.